The van der Waals surface area contributed by atoms with Gasteiger partial charge < -0.3 is 14.2 Å². The van der Waals surface area contributed by atoms with Crippen molar-refractivity contribution < 1.29 is 28.6 Å². The summed E-state index contributed by atoms with van der Waals surface area (Å²) in [5, 5.41) is 0. The van der Waals surface area contributed by atoms with Crippen molar-refractivity contribution in [2.24, 2.45) is 0 Å². The molecule has 6 heteroatoms. The molecule has 0 aliphatic carbocycles. The highest BCUT2D eigenvalue weighted by Crippen LogP contribution is 2.16. The van der Waals surface area contributed by atoms with Gasteiger partial charge in [-0.05, 0) is 77.0 Å². The zero-order valence-electron chi connectivity index (χ0n) is 42.8. The maximum absolute atomic E-state index is 12.8. The number of ether oxygens (including phenoxy) is 3. The minimum atomic E-state index is -0.779. The van der Waals surface area contributed by atoms with Crippen molar-refractivity contribution in [3.8, 4) is 0 Å². The van der Waals surface area contributed by atoms with Crippen LogP contribution in [0.1, 0.15) is 297 Å². The van der Waals surface area contributed by atoms with Gasteiger partial charge in [0.2, 0.25) is 0 Å². The van der Waals surface area contributed by atoms with Gasteiger partial charge in [0.1, 0.15) is 13.2 Å². The van der Waals surface area contributed by atoms with Crippen LogP contribution in [0, 0.1) is 0 Å². The number of carbonyl (C=O) groups excluding carboxylic acids is 3. The lowest BCUT2D eigenvalue weighted by atomic mass is 10.0. The minimum absolute atomic E-state index is 0.0771. The highest BCUT2D eigenvalue weighted by molar-refractivity contribution is 5.71. The third-order valence-electron chi connectivity index (χ3n) is 12.4. The Bertz CT molecular complexity index is 1080. The standard InChI is InChI=1S/C58H106O6/c1-4-7-10-13-16-19-22-25-28-31-33-36-39-42-45-48-51-57(60)63-54-55(64-58(61)52-49-46-43-40-37-34-30-27-24-21-18-15-12-9-6-3)53-62-56(59)50-47-44-41-38-35-32-29-26-23-20-17-14-11-8-5-2/h18,21,26-27,29-30,55H,4-17,19-20,22-25,28,31-54H2,1-3H3/b21-18-,29-26-,30-27-/t55-/m1/s1. The van der Waals surface area contributed by atoms with Gasteiger partial charge in [-0.25, -0.2) is 0 Å². The van der Waals surface area contributed by atoms with Gasteiger partial charge in [0, 0.05) is 19.3 Å². The first kappa shape index (κ1) is 61.6. The van der Waals surface area contributed by atoms with Crippen LogP contribution in [-0.2, 0) is 28.6 Å². The molecule has 0 rings (SSSR count). The Labute approximate surface area is 397 Å². The van der Waals surface area contributed by atoms with Crippen LogP contribution < -0.4 is 0 Å². The van der Waals surface area contributed by atoms with Crippen LogP contribution in [0.3, 0.4) is 0 Å². The SMILES string of the molecule is CCCCC/C=C\C/C=C\CCCCCCCC(=O)O[C@H](COC(=O)CCCCCCC/C=C\CCCCCCCC)COC(=O)CCCCCCCCCCCCCCCCCC. The van der Waals surface area contributed by atoms with Gasteiger partial charge in [-0.1, -0.05) is 237 Å². The van der Waals surface area contributed by atoms with E-state index < -0.39 is 6.10 Å². The summed E-state index contributed by atoms with van der Waals surface area (Å²) in [5.74, 6) is -0.885. The van der Waals surface area contributed by atoms with Crippen molar-refractivity contribution in [2.75, 3.05) is 13.2 Å². The van der Waals surface area contributed by atoms with E-state index in [1.54, 1.807) is 0 Å². The maximum Gasteiger partial charge on any atom is 0.306 e. The van der Waals surface area contributed by atoms with Crippen molar-refractivity contribution in [3.63, 3.8) is 0 Å². The lowest BCUT2D eigenvalue weighted by molar-refractivity contribution is -0.167. The van der Waals surface area contributed by atoms with Crippen LogP contribution in [0.5, 0.6) is 0 Å². The van der Waals surface area contributed by atoms with Gasteiger partial charge >= 0.3 is 17.9 Å². The molecule has 0 N–H and O–H groups in total. The van der Waals surface area contributed by atoms with Crippen molar-refractivity contribution in [2.45, 2.75) is 303 Å². The number of carbonyl (C=O) groups is 3. The normalized spacial score (nSPS) is 12.2. The Kier molecular flexibility index (Phi) is 51.3. The molecule has 0 spiro atoms. The Hall–Kier alpha value is -2.37. The van der Waals surface area contributed by atoms with Gasteiger partial charge in [-0.15, -0.1) is 0 Å². The summed E-state index contributed by atoms with van der Waals surface area (Å²) >= 11 is 0. The lowest BCUT2D eigenvalue weighted by Gasteiger charge is -2.18. The van der Waals surface area contributed by atoms with Gasteiger partial charge in [-0.2, -0.15) is 0 Å². The number of rotatable bonds is 51. The zero-order valence-corrected chi connectivity index (χ0v) is 42.8. The molecule has 0 radical (unpaired) electrons. The fraction of sp³-hybridized carbons (Fsp3) is 0.845. The van der Waals surface area contributed by atoms with E-state index in [-0.39, 0.29) is 31.1 Å². The van der Waals surface area contributed by atoms with Crippen molar-refractivity contribution in [3.05, 3.63) is 36.5 Å². The molecule has 0 aromatic rings. The molecule has 1 atom stereocenters. The largest absolute Gasteiger partial charge is 0.462 e. The Morgan fingerprint density at radius 1 is 0.312 bits per heavy atom. The molecule has 0 fully saturated rings. The molecular formula is C58H106O6. The molecule has 374 valence electrons. The molecule has 0 bridgehead atoms. The molecule has 6 nitrogen and oxygen atoms in total. The van der Waals surface area contributed by atoms with Crippen LogP contribution in [-0.4, -0.2) is 37.2 Å². The molecule has 0 aliphatic heterocycles. The monoisotopic (exact) mass is 899 g/mol. The average Bonchev–Trinajstić information content (AvgIpc) is 3.29. The molecule has 64 heavy (non-hydrogen) atoms. The summed E-state index contributed by atoms with van der Waals surface area (Å²) in [6, 6.07) is 0. The van der Waals surface area contributed by atoms with E-state index in [2.05, 4.69) is 57.2 Å². The van der Waals surface area contributed by atoms with E-state index in [4.69, 9.17) is 14.2 Å². The second-order valence-corrected chi connectivity index (χ2v) is 18.8. The molecule has 0 aromatic carbocycles. The highest BCUT2D eigenvalue weighted by Gasteiger charge is 2.19. The van der Waals surface area contributed by atoms with E-state index in [9.17, 15) is 14.4 Å². The van der Waals surface area contributed by atoms with E-state index >= 15 is 0 Å². The number of unbranched alkanes of at least 4 members (excludes halogenated alkanes) is 34. The predicted octanol–water partition coefficient (Wildman–Crippen LogP) is 18.5. The number of esters is 3. The maximum atomic E-state index is 12.8. The summed E-state index contributed by atoms with van der Waals surface area (Å²) in [6.45, 7) is 6.62. The average molecular weight is 899 g/mol. The van der Waals surface area contributed by atoms with E-state index in [0.717, 1.165) is 89.9 Å². The van der Waals surface area contributed by atoms with Gasteiger partial charge in [0.25, 0.3) is 0 Å². The zero-order chi connectivity index (χ0) is 46.5. The topological polar surface area (TPSA) is 78.9 Å². The minimum Gasteiger partial charge on any atom is -0.462 e. The Morgan fingerprint density at radius 3 is 0.906 bits per heavy atom. The number of hydrogen-bond acceptors (Lipinski definition) is 6. The van der Waals surface area contributed by atoms with Crippen LogP contribution in [0.4, 0.5) is 0 Å². The third-order valence-corrected chi connectivity index (χ3v) is 12.4. The predicted molar refractivity (Wildman–Crippen MR) is 275 cm³/mol. The first-order chi connectivity index (χ1) is 31.5. The van der Waals surface area contributed by atoms with Crippen LogP contribution in [0.2, 0.25) is 0 Å². The first-order valence-electron chi connectivity index (χ1n) is 28.0. The Balaban J connectivity index is 4.37. The van der Waals surface area contributed by atoms with Crippen LogP contribution in [0.15, 0.2) is 36.5 Å². The molecule has 0 amide bonds. The summed E-state index contributed by atoms with van der Waals surface area (Å²) in [7, 11) is 0. The smallest absolute Gasteiger partial charge is 0.306 e. The quantitative estimate of drug-likeness (QED) is 0.0262. The van der Waals surface area contributed by atoms with E-state index in [0.29, 0.717) is 19.3 Å². The van der Waals surface area contributed by atoms with Crippen LogP contribution >= 0.6 is 0 Å². The number of allylic oxidation sites excluding steroid dienone is 6. The van der Waals surface area contributed by atoms with Crippen molar-refractivity contribution in [1.82, 2.24) is 0 Å². The molecule has 0 aromatic heterocycles. The van der Waals surface area contributed by atoms with E-state index in [1.807, 2.05) is 0 Å². The Morgan fingerprint density at radius 2 is 0.562 bits per heavy atom. The summed E-state index contributed by atoms with van der Waals surface area (Å²) in [6.07, 6.45) is 62.7. The molecule has 0 heterocycles. The molecular weight excluding hydrogens is 793 g/mol. The molecule has 0 saturated heterocycles. The second kappa shape index (κ2) is 53.2. The fourth-order valence-electron chi connectivity index (χ4n) is 8.12. The van der Waals surface area contributed by atoms with Gasteiger partial charge in [0.05, 0.1) is 0 Å². The second-order valence-electron chi connectivity index (χ2n) is 18.8. The highest BCUT2D eigenvalue weighted by atomic mass is 16.6. The van der Waals surface area contributed by atoms with Crippen molar-refractivity contribution >= 4 is 17.9 Å². The van der Waals surface area contributed by atoms with E-state index in [1.165, 1.54) is 167 Å². The fourth-order valence-corrected chi connectivity index (χ4v) is 8.12. The number of hydrogen-bond donors (Lipinski definition) is 0. The van der Waals surface area contributed by atoms with Gasteiger partial charge in [-0.3, -0.25) is 14.4 Å². The van der Waals surface area contributed by atoms with Gasteiger partial charge in [0.15, 0.2) is 6.10 Å². The molecule has 0 saturated carbocycles. The summed E-state index contributed by atoms with van der Waals surface area (Å²) in [4.78, 5) is 38.1. The first-order valence-corrected chi connectivity index (χ1v) is 28.0. The van der Waals surface area contributed by atoms with Crippen LogP contribution in [0.25, 0.3) is 0 Å². The molecule has 0 aliphatic rings. The van der Waals surface area contributed by atoms with Crippen molar-refractivity contribution in [1.29, 1.82) is 0 Å². The molecule has 0 unspecified atom stereocenters. The third kappa shape index (κ3) is 50.6. The summed E-state index contributed by atoms with van der Waals surface area (Å²) in [5.41, 5.74) is 0. The lowest BCUT2D eigenvalue weighted by Crippen LogP contribution is -2.30. The summed E-state index contributed by atoms with van der Waals surface area (Å²) < 4.78 is 16.8.